The average Bonchev–Trinajstić information content (AvgIpc) is 2.73. The lowest BCUT2D eigenvalue weighted by atomic mass is 9.96. The normalized spacial score (nSPS) is 22.2. The molecule has 1 fully saturated rings. The van der Waals surface area contributed by atoms with Crippen LogP contribution in [0.1, 0.15) is 30.9 Å². The average molecular weight is 221 g/mol. The SMILES string of the molecule is CC(F)Cc1ccccc1CC1CCCN1. The van der Waals surface area contributed by atoms with Crippen LogP contribution < -0.4 is 5.32 Å². The fraction of sp³-hybridized carbons (Fsp3) is 0.571. The highest BCUT2D eigenvalue weighted by Gasteiger charge is 2.16. The number of rotatable bonds is 4. The molecule has 1 aromatic carbocycles. The van der Waals surface area contributed by atoms with Gasteiger partial charge in [-0.1, -0.05) is 24.3 Å². The zero-order valence-electron chi connectivity index (χ0n) is 9.88. The summed E-state index contributed by atoms with van der Waals surface area (Å²) in [5.41, 5.74) is 2.48. The molecule has 0 spiro atoms. The summed E-state index contributed by atoms with van der Waals surface area (Å²) in [4.78, 5) is 0. The van der Waals surface area contributed by atoms with Crippen molar-refractivity contribution in [3.8, 4) is 0 Å². The van der Waals surface area contributed by atoms with E-state index in [2.05, 4.69) is 23.5 Å². The Morgan fingerprint density at radius 3 is 2.75 bits per heavy atom. The van der Waals surface area contributed by atoms with Gasteiger partial charge in [-0.15, -0.1) is 0 Å². The van der Waals surface area contributed by atoms with Crippen LogP contribution in [0.3, 0.4) is 0 Å². The molecule has 1 aliphatic rings. The second-order valence-corrected chi connectivity index (χ2v) is 4.75. The molecule has 2 heteroatoms. The quantitative estimate of drug-likeness (QED) is 0.824. The summed E-state index contributed by atoms with van der Waals surface area (Å²) in [6.45, 7) is 2.76. The van der Waals surface area contributed by atoms with Gasteiger partial charge in [0.25, 0.3) is 0 Å². The van der Waals surface area contributed by atoms with E-state index in [4.69, 9.17) is 0 Å². The molecule has 1 heterocycles. The Morgan fingerprint density at radius 1 is 1.38 bits per heavy atom. The number of hydrogen-bond donors (Lipinski definition) is 1. The first-order chi connectivity index (χ1) is 7.75. The molecule has 2 rings (SSSR count). The van der Waals surface area contributed by atoms with E-state index in [0.717, 1.165) is 13.0 Å². The number of hydrogen-bond acceptors (Lipinski definition) is 1. The van der Waals surface area contributed by atoms with Gasteiger partial charge in [0.2, 0.25) is 0 Å². The van der Waals surface area contributed by atoms with Gasteiger partial charge in [-0.05, 0) is 43.9 Å². The number of halogens is 1. The molecule has 0 amide bonds. The molecule has 1 N–H and O–H groups in total. The molecule has 0 aromatic heterocycles. The third-order valence-electron chi connectivity index (χ3n) is 3.25. The molecule has 0 saturated carbocycles. The summed E-state index contributed by atoms with van der Waals surface area (Å²) >= 11 is 0. The van der Waals surface area contributed by atoms with Gasteiger partial charge in [-0.2, -0.15) is 0 Å². The van der Waals surface area contributed by atoms with Gasteiger partial charge in [0, 0.05) is 12.5 Å². The van der Waals surface area contributed by atoms with Crippen LogP contribution in [0.2, 0.25) is 0 Å². The number of nitrogens with one attached hydrogen (secondary N) is 1. The molecule has 2 unspecified atom stereocenters. The second-order valence-electron chi connectivity index (χ2n) is 4.75. The van der Waals surface area contributed by atoms with Gasteiger partial charge in [0.15, 0.2) is 0 Å². The van der Waals surface area contributed by atoms with Crippen LogP contribution in [0.25, 0.3) is 0 Å². The standard InChI is InChI=1S/C14H20FN/c1-11(15)9-12-5-2-3-6-13(12)10-14-7-4-8-16-14/h2-3,5-6,11,14,16H,4,7-10H2,1H3. The van der Waals surface area contributed by atoms with E-state index in [1.165, 1.54) is 24.0 Å². The number of benzene rings is 1. The van der Waals surface area contributed by atoms with Crippen molar-refractivity contribution in [1.82, 2.24) is 5.32 Å². The zero-order valence-corrected chi connectivity index (χ0v) is 9.88. The molecule has 16 heavy (non-hydrogen) atoms. The molecule has 1 saturated heterocycles. The highest BCUT2D eigenvalue weighted by atomic mass is 19.1. The molecule has 0 radical (unpaired) electrons. The van der Waals surface area contributed by atoms with Gasteiger partial charge in [-0.3, -0.25) is 0 Å². The highest BCUT2D eigenvalue weighted by Crippen LogP contribution is 2.17. The van der Waals surface area contributed by atoms with Crippen LogP contribution in [-0.4, -0.2) is 18.8 Å². The van der Waals surface area contributed by atoms with Crippen molar-refractivity contribution in [2.45, 2.75) is 44.8 Å². The molecule has 2 atom stereocenters. The van der Waals surface area contributed by atoms with Crippen molar-refractivity contribution in [3.05, 3.63) is 35.4 Å². The van der Waals surface area contributed by atoms with E-state index in [0.29, 0.717) is 12.5 Å². The minimum atomic E-state index is -0.752. The van der Waals surface area contributed by atoms with Crippen LogP contribution in [0, 0.1) is 0 Å². The third kappa shape index (κ3) is 3.05. The monoisotopic (exact) mass is 221 g/mol. The predicted molar refractivity (Wildman–Crippen MR) is 65.4 cm³/mol. The van der Waals surface area contributed by atoms with Gasteiger partial charge >= 0.3 is 0 Å². The van der Waals surface area contributed by atoms with E-state index in [1.54, 1.807) is 6.92 Å². The third-order valence-corrected chi connectivity index (χ3v) is 3.25. The summed E-state index contributed by atoms with van der Waals surface area (Å²) < 4.78 is 13.1. The van der Waals surface area contributed by atoms with Crippen LogP contribution in [0.15, 0.2) is 24.3 Å². The van der Waals surface area contributed by atoms with Crippen LogP contribution in [0.5, 0.6) is 0 Å². The Kier molecular flexibility index (Phi) is 3.94. The van der Waals surface area contributed by atoms with E-state index in [9.17, 15) is 4.39 Å². The van der Waals surface area contributed by atoms with Gasteiger partial charge in [-0.25, -0.2) is 4.39 Å². The maximum atomic E-state index is 13.1. The Hall–Kier alpha value is -0.890. The lowest BCUT2D eigenvalue weighted by molar-refractivity contribution is 0.359. The van der Waals surface area contributed by atoms with Crippen LogP contribution >= 0.6 is 0 Å². The van der Waals surface area contributed by atoms with Gasteiger partial charge in [0.05, 0.1) is 0 Å². The minimum absolute atomic E-state index is 0.545. The second kappa shape index (κ2) is 5.44. The summed E-state index contributed by atoms with van der Waals surface area (Å²) in [6.07, 6.45) is 3.36. The summed E-state index contributed by atoms with van der Waals surface area (Å²) in [5, 5.41) is 3.49. The zero-order chi connectivity index (χ0) is 11.4. The van der Waals surface area contributed by atoms with Crippen molar-refractivity contribution in [2.24, 2.45) is 0 Å². The molecular weight excluding hydrogens is 201 g/mol. The Balaban J connectivity index is 2.06. The van der Waals surface area contributed by atoms with Gasteiger partial charge in [0.1, 0.15) is 6.17 Å². The highest BCUT2D eigenvalue weighted by molar-refractivity contribution is 5.28. The smallest absolute Gasteiger partial charge is 0.101 e. The maximum Gasteiger partial charge on any atom is 0.101 e. The van der Waals surface area contributed by atoms with Crippen LogP contribution in [0.4, 0.5) is 4.39 Å². The van der Waals surface area contributed by atoms with Gasteiger partial charge < -0.3 is 5.32 Å². The van der Waals surface area contributed by atoms with E-state index < -0.39 is 6.17 Å². The fourth-order valence-electron chi connectivity index (χ4n) is 2.46. The van der Waals surface area contributed by atoms with Crippen molar-refractivity contribution in [2.75, 3.05) is 6.54 Å². The van der Waals surface area contributed by atoms with E-state index >= 15 is 0 Å². The first-order valence-electron chi connectivity index (χ1n) is 6.20. The van der Waals surface area contributed by atoms with Crippen molar-refractivity contribution >= 4 is 0 Å². The molecule has 88 valence electrons. The largest absolute Gasteiger partial charge is 0.314 e. The lowest BCUT2D eigenvalue weighted by Crippen LogP contribution is -2.24. The van der Waals surface area contributed by atoms with Crippen molar-refractivity contribution < 1.29 is 4.39 Å². The first-order valence-corrected chi connectivity index (χ1v) is 6.20. The fourth-order valence-corrected chi connectivity index (χ4v) is 2.46. The minimum Gasteiger partial charge on any atom is -0.314 e. The summed E-state index contributed by atoms with van der Waals surface area (Å²) in [6, 6.07) is 8.84. The van der Waals surface area contributed by atoms with Crippen molar-refractivity contribution in [1.29, 1.82) is 0 Å². The topological polar surface area (TPSA) is 12.0 Å². The molecule has 0 aliphatic carbocycles. The molecular formula is C14H20FN. The molecule has 1 aromatic rings. The Bertz CT molecular complexity index is 329. The molecule has 1 nitrogen and oxygen atoms in total. The van der Waals surface area contributed by atoms with E-state index in [-0.39, 0.29) is 0 Å². The Morgan fingerprint density at radius 2 is 2.12 bits per heavy atom. The van der Waals surface area contributed by atoms with Crippen LogP contribution in [-0.2, 0) is 12.8 Å². The maximum absolute atomic E-state index is 13.1. The van der Waals surface area contributed by atoms with Crippen molar-refractivity contribution in [3.63, 3.8) is 0 Å². The summed E-state index contributed by atoms with van der Waals surface area (Å²) in [5.74, 6) is 0. The number of alkyl halides is 1. The Labute approximate surface area is 97.1 Å². The molecule has 1 aliphatic heterocycles. The summed E-state index contributed by atoms with van der Waals surface area (Å²) in [7, 11) is 0. The van der Waals surface area contributed by atoms with E-state index in [1.807, 2.05) is 6.07 Å². The lowest BCUT2D eigenvalue weighted by Gasteiger charge is -2.14. The molecule has 0 bridgehead atoms. The first kappa shape index (κ1) is 11.6. The predicted octanol–water partition coefficient (Wildman–Crippen LogP) is 2.88.